The first-order valence-electron chi connectivity index (χ1n) is 9.60. The second kappa shape index (κ2) is 10.6. The largest absolute Gasteiger partial charge is 0.488 e. The number of amides is 1. The molecular formula is C25H20BrFN2O2. The molecular weight excluding hydrogens is 459 g/mol. The van der Waals surface area contributed by atoms with Crippen LogP contribution >= 0.6 is 15.9 Å². The van der Waals surface area contributed by atoms with Crippen molar-refractivity contribution in [2.45, 2.75) is 19.6 Å². The van der Waals surface area contributed by atoms with Crippen molar-refractivity contribution in [3.05, 3.63) is 105 Å². The Morgan fingerprint density at radius 3 is 2.52 bits per heavy atom. The summed E-state index contributed by atoms with van der Waals surface area (Å²) >= 11 is 3.45. The van der Waals surface area contributed by atoms with Gasteiger partial charge >= 0.3 is 0 Å². The summed E-state index contributed by atoms with van der Waals surface area (Å²) in [7, 11) is 0. The van der Waals surface area contributed by atoms with Crippen LogP contribution in [0.25, 0.3) is 6.08 Å². The van der Waals surface area contributed by atoms with Crippen LogP contribution in [0.4, 0.5) is 4.39 Å². The highest BCUT2D eigenvalue weighted by molar-refractivity contribution is 9.10. The van der Waals surface area contributed by atoms with Gasteiger partial charge in [-0.05, 0) is 69.9 Å². The number of nitrogens with zero attached hydrogens (tertiary/aromatic N) is 1. The number of hydrogen-bond acceptors (Lipinski definition) is 3. The van der Waals surface area contributed by atoms with E-state index in [9.17, 15) is 14.4 Å². The molecule has 31 heavy (non-hydrogen) atoms. The lowest BCUT2D eigenvalue weighted by atomic mass is 10.1. The zero-order chi connectivity index (χ0) is 22.2. The molecule has 0 bridgehead atoms. The van der Waals surface area contributed by atoms with Crippen molar-refractivity contribution in [1.29, 1.82) is 5.26 Å². The summed E-state index contributed by atoms with van der Waals surface area (Å²) in [6, 6.07) is 22.7. The zero-order valence-electron chi connectivity index (χ0n) is 16.8. The van der Waals surface area contributed by atoms with Crippen molar-refractivity contribution >= 4 is 27.9 Å². The number of halogens is 2. The summed E-state index contributed by atoms with van der Waals surface area (Å²) in [5, 5.41) is 12.3. The average Bonchev–Trinajstić information content (AvgIpc) is 2.78. The highest BCUT2D eigenvalue weighted by Gasteiger charge is 2.14. The molecule has 0 aromatic heterocycles. The molecule has 6 heteroatoms. The Labute approximate surface area is 189 Å². The van der Waals surface area contributed by atoms with Gasteiger partial charge in [0.15, 0.2) is 0 Å². The topological polar surface area (TPSA) is 62.1 Å². The summed E-state index contributed by atoms with van der Waals surface area (Å²) < 4.78 is 19.4. The van der Waals surface area contributed by atoms with Crippen molar-refractivity contribution in [2.24, 2.45) is 0 Å². The number of rotatable bonds is 7. The summed E-state index contributed by atoms with van der Waals surface area (Å²) in [4.78, 5) is 12.5. The van der Waals surface area contributed by atoms with Gasteiger partial charge in [-0.1, -0.05) is 48.5 Å². The van der Waals surface area contributed by atoms with E-state index in [0.717, 1.165) is 11.1 Å². The molecule has 0 radical (unpaired) electrons. The molecule has 0 aliphatic carbocycles. The van der Waals surface area contributed by atoms with E-state index in [1.54, 1.807) is 30.3 Å². The van der Waals surface area contributed by atoms with Gasteiger partial charge in [0.2, 0.25) is 0 Å². The molecule has 0 aliphatic rings. The van der Waals surface area contributed by atoms with Gasteiger partial charge in [-0.15, -0.1) is 0 Å². The Hall–Kier alpha value is -3.43. The summed E-state index contributed by atoms with van der Waals surface area (Å²) in [6.45, 7) is 2.16. The molecule has 0 spiro atoms. The Kier molecular flexibility index (Phi) is 7.58. The maximum atomic E-state index is 13.0. The van der Waals surface area contributed by atoms with Crippen LogP contribution in [0.3, 0.4) is 0 Å². The molecule has 1 N–H and O–H groups in total. The second-order valence-electron chi connectivity index (χ2n) is 6.88. The van der Waals surface area contributed by atoms with E-state index in [-0.39, 0.29) is 24.0 Å². The van der Waals surface area contributed by atoms with E-state index in [0.29, 0.717) is 15.8 Å². The van der Waals surface area contributed by atoms with Crippen molar-refractivity contribution in [1.82, 2.24) is 5.32 Å². The standard InChI is InChI=1S/C25H20BrFN2O2/c1-17(20-5-3-2-4-6-20)29-25(30)21(15-28)13-19-9-12-24(23(26)14-19)31-16-18-7-10-22(27)11-8-18/h2-14,17H,16H2,1H3,(H,29,30)/b21-13+/t17-/m1/s1. The number of nitriles is 1. The summed E-state index contributed by atoms with van der Waals surface area (Å²) in [6.07, 6.45) is 1.53. The quantitative estimate of drug-likeness (QED) is 0.337. The van der Waals surface area contributed by atoms with E-state index in [4.69, 9.17) is 4.74 Å². The predicted octanol–water partition coefficient (Wildman–Crippen LogP) is 5.95. The van der Waals surface area contributed by atoms with Gasteiger partial charge in [0.1, 0.15) is 29.8 Å². The normalized spacial score (nSPS) is 12.0. The number of hydrogen-bond donors (Lipinski definition) is 1. The average molecular weight is 479 g/mol. The first-order valence-corrected chi connectivity index (χ1v) is 10.4. The van der Waals surface area contributed by atoms with Crippen LogP contribution in [0.1, 0.15) is 29.7 Å². The fourth-order valence-corrected chi connectivity index (χ4v) is 3.39. The number of carbonyl (C=O) groups is 1. The van der Waals surface area contributed by atoms with E-state index < -0.39 is 5.91 Å². The molecule has 3 rings (SSSR count). The van der Waals surface area contributed by atoms with Crippen LogP contribution in [0.2, 0.25) is 0 Å². The van der Waals surface area contributed by atoms with Crippen molar-refractivity contribution < 1.29 is 13.9 Å². The molecule has 0 saturated heterocycles. The molecule has 0 fully saturated rings. The number of nitrogens with one attached hydrogen (secondary N) is 1. The number of benzene rings is 3. The molecule has 1 amide bonds. The lowest BCUT2D eigenvalue weighted by Crippen LogP contribution is -2.27. The Morgan fingerprint density at radius 2 is 1.87 bits per heavy atom. The predicted molar refractivity (Wildman–Crippen MR) is 121 cm³/mol. The summed E-state index contributed by atoms with van der Waals surface area (Å²) in [5.41, 5.74) is 2.49. The van der Waals surface area contributed by atoms with E-state index in [2.05, 4.69) is 21.2 Å². The Balaban J connectivity index is 1.67. The minimum Gasteiger partial charge on any atom is -0.488 e. The highest BCUT2D eigenvalue weighted by Crippen LogP contribution is 2.28. The Morgan fingerprint density at radius 1 is 1.16 bits per heavy atom. The first kappa shape index (κ1) is 22.3. The summed E-state index contributed by atoms with van der Waals surface area (Å²) in [5.74, 6) is -0.134. The van der Waals surface area contributed by atoms with Crippen molar-refractivity contribution in [3.63, 3.8) is 0 Å². The molecule has 0 unspecified atom stereocenters. The molecule has 3 aromatic carbocycles. The molecule has 0 aliphatic heterocycles. The third-order valence-corrected chi connectivity index (χ3v) is 5.21. The fourth-order valence-electron chi connectivity index (χ4n) is 2.88. The molecule has 0 saturated carbocycles. The third kappa shape index (κ3) is 6.27. The van der Waals surface area contributed by atoms with Gasteiger partial charge in [-0.2, -0.15) is 5.26 Å². The molecule has 156 valence electrons. The second-order valence-corrected chi connectivity index (χ2v) is 7.73. The number of carbonyl (C=O) groups excluding carboxylic acids is 1. The van der Waals surface area contributed by atoms with Gasteiger partial charge in [0.05, 0.1) is 10.5 Å². The highest BCUT2D eigenvalue weighted by atomic mass is 79.9. The minimum absolute atomic E-state index is 0.00895. The van der Waals surface area contributed by atoms with Crippen molar-refractivity contribution in [2.75, 3.05) is 0 Å². The van der Waals surface area contributed by atoms with Gasteiger partial charge in [-0.3, -0.25) is 4.79 Å². The van der Waals surface area contributed by atoms with Gasteiger partial charge in [0, 0.05) is 0 Å². The number of ether oxygens (including phenoxy) is 1. The smallest absolute Gasteiger partial charge is 0.262 e. The molecule has 3 aromatic rings. The van der Waals surface area contributed by atoms with Crippen LogP contribution in [-0.4, -0.2) is 5.91 Å². The van der Waals surface area contributed by atoms with Crippen LogP contribution in [0.5, 0.6) is 5.75 Å². The maximum Gasteiger partial charge on any atom is 0.262 e. The maximum absolute atomic E-state index is 13.0. The van der Waals surface area contributed by atoms with Crippen LogP contribution < -0.4 is 10.1 Å². The molecule has 1 atom stereocenters. The lowest BCUT2D eigenvalue weighted by Gasteiger charge is -2.14. The van der Waals surface area contributed by atoms with Crippen molar-refractivity contribution in [3.8, 4) is 11.8 Å². The molecule has 0 heterocycles. The van der Waals surface area contributed by atoms with Crippen LogP contribution in [0.15, 0.2) is 82.8 Å². The van der Waals surface area contributed by atoms with E-state index >= 15 is 0 Å². The SMILES string of the molecule is C[C@@H](NC(=O)/C(C#N)=C/c1ccc(OCc2ccc(F)cc2)c(Br)c1)c1ccccc1. The third-order valence-electron chi connectivity index (χ3n) is 4.59. The monoisotopic (exact) mass is 478 g/mol. The van der Waals surface area contributed by atoms with Gasteiger partial charge in [-0.25, -0.2) is 4.39 Å². The zero-order valence-corrected chi connectivity index (χ0v) is 18.4. The fraction of sp³-hybridized carbons (Fsp3) is 0.120. The van der Waals surface area contributed by atoms with E-state index in [1.165, 1.54) is 18.2 Å². The van der Waals surface area contributed by atoms with Crippen LogP contribution in [-0.2, 0) is 11.4 Å². The van der Waals surface area contributed by atoms with E-state index in [1.807, 2.05) is 43.3 Å². The minimum atomic E-state index is -0.438. The van der Waals surface area contributed by atoms with Gasteiger partial charge in [0.25, 0.3) is 5.91 Å². The Bertz CT molecular complexity index is 1120. The first-order chi connectivity index (χ1) is 15.0. The lowest BCUT2D eigenvalue weighted by molar-refractivity contribution is -0.117. The molecule has 4 nitrogen and oxygen atoms in total. The van der Waals surface area contributed by atoms with Crippen LogP contribution in [0, 0.1) is 17.1 Å². The van der Waals surface area contributed by atoms with Gasteiger partial charge < -0.3 is 10.1 Å².